The Labute approximate surface area is 91.9 Å². The molecular weight excluding hydrogens is 214 g/mol. The Morgan fingerprint density at radius 1 is 1.67 bits per heavy atom. The Bertz CT molecular complexity index is 366. The zero-order valence-electron chi connectivity index (χ0n) is 8.46. The van der Waals surface area contributed by atoms with Gasteiger partial charge in [0.1, 0.15) is 6.33 Å². The lowest BCUT2D eigenvalue weighted by Crippen LogP contribution is -2.20. The normalized spacial score (nSPS) is 25.7. The van der Waals surface area contributed by atoms with Crippen LogP contribution in [0.4, 0.5) is 0 Å². The highest BCUT2D eigenvalue weighted by atomic mass is 32.2. The van der Waals surface area contributed by atoms with Crippen LogP contribution in [0.25, 0.3) is 0 Å². The van der Waals surface area contributed by atoms with E-state index in [2.05, 4.69) is 10.2 Å². The summed E-state index contributed by atoms with van der Waals surface area (Å²) in [5.41, 5.74) is 0. The monoisotopic (exact) mass is 227 g/mol. The Balaban J connectivity index is 2.06. The minimum absolute atomic E-state index is 0.144. The molecule has 0 saturated heterocycles. The Hall–Kier alpha value is -1.04. The Morgan fingerprint density at radius 3 is 3.07 bits per heavy atom. The second kappa shape index (κ2) is 4.22. The molecule has 5 nitrogen and oxygen atoms in total. The second-order valence-corrected chi connectivity index (χ2v) is 4.96. The van der Waals surface area contributed by atoms with Gasteiger partial charge in [-0.25, -0.2) is 0 Å². The molecule has 2 atom stereocenters. The van der Waals surface area contributed by atoms with Crippen LogP contribution in [-0.4, -0.2) is 31.1 Å². The van der Waals surface area contributed by atoms with Crippen LogP contribution in [0.15, 0.2) is 11.5 Å². The summed E-state index contributed by atoms with van der Waals surface area (Å²) < 4.78 is 1.82. The summed E-state index contributed by atoms with van der Waals surface area (Å²) in [6, 6.07) is 0. The van der Waals surface area contributed by atoms with Crippen LogP contribution in [0.1, 0.15) is 19.3 Å². The van der Waals surface area contributed by atoms with Gasteiger partial charge in [-0.15, -0.1) is 10.2 Å². The van der Waals surface area contributed by atoms with Crippen LogP contribution in [0, 0.1) is 5.92 Å². The average molecular weight is 227 g/mol. The number of aliphatic carboxylic acids is 1. The number of hydrogen-bond acceptors (Lipinski definition) is 4. The maximum absolute atomic E-state index is 11.0. The molecule has 1 saturated carbocycles. The number of aromatic nitrogens is 3. The van der Waals surface area contributed by atoms with E-state index in [1.165, 1.54) is 11.8 Å². The first kappa shape index (κ1) is 10.5. The molecule has 1 aliphatic carbocycles. The summed E-state index contributed by atoms with van der Waals surface area (Å²) in [6.07, 6.45) is 4.36. The number of hydrogen-bond donors (Lipinski definition) is 1. The minimum atomic E-state index is -0.688. The topological polar surface area (TPSA) is 68.0 Å². The van der Waals surface area contributed by atoms with Gasteiger partial charge in [0.15, 0.2) is 5.16 Å². The third-order valence-corrected chi connectivity index (χ3v) is 4.14. The van der Waals surface area contributed by atoms with E-state index in [9.17, 15) is 4.79 Å². The van der Waals surface area contributed by atoms with E-state index in [0.717, 1.165) is 24.4 Å². The molecule has 2 rings (SSSR count). The maximum Gasteiger partial charge on any atom is 0.307 e. The van der Waals surface area contributed by atoms with Crippen molar-refractivity contribution in [3.8, 4) is 0 Å². The van der Waals surface area contributed by atoms with Crippen molar-refractivity contribution in [1.29, 1.82) is 0 Å². The molecule has 2 unspecified atom stereocenters. The molecule has 15 heavy (non-hydrogen) atoms. The van der Waals surface area contributed by atoms with Gasteiger partial charge in [0.2, 0.25) is 0 Å². The van der Waals surface area contributed by atoms with Crippen molar-refractivity contribution >= 4 is 17.7 Å². The van der Waals surface area contributed by atoms with Crippen molar-refractivity contribution in [2.75, 3.05) is 0 Å². The smallest absolute Gasteiger partial charge is 0.307 e. The van der Waals surface area contributed by atoms with Crippen molar-refractivity contribution in [3.05, 3.63) is 6.33 Å². The number of thioether (sulfide) groups is 1. The van der Waals surface area contributed by atoms with Gasteiger partial charge in [0.25, 0.3) is 0 Å². The van der Waals surface area contributed by atoms with Crippen molar-refractivity contribution in [1.82, 2.24) is 14.8 Å². The summed E-state index contributed by atoms with van der Waals surface area (Å²) >= 11 is 1.53. The molecule has 1 aromatic heterocycles. The molecule has 0 bridgehead atoms. The van der Waals surface area contributed by atoms with Gasteiger partial charge in [-0.3, -0.25) is 4.79 Å². The molecule has 1 fully saturated rings. The number of rotatable bonds is 3. The van der Waals surface area contributed by atoms with Gasteiger partial charge in [0, 0.05) is 12.3 Å². The van der Waals surface area contributed by atoms with E-state index < -0.39 is 5.97 Å². The third kappa shape index (κ3) is 2.14. The van der Waals surface area contributed by atoms with Crippen LogP contribution in [-0.2, 0) is 11.8 Å². The van der Waals surface area contributed by atoms with E-state index in [1.807, 2.05) is 11.6 Å². The summed E-state index contributed by atoms with van der Waals surface area (Å²) in [7, 11) is 1.87. The molecule has 0 radical (unpaired) electrons. The lowest BCUT2D eigenvalue weighted by Gasteiger charge is -2.13. The number of carboxylic acids is 1. The highest BCUT2D eigenvalue weighted by Crippen LogP contribution is 2.38. The summed E-state index contributed by atoms with van der Waals surface area (Å²) in [5, 5.41) is 17.7. The number of aryl methyl sites for hydroxylation is 1. The van der Waals surface area contributed by atoms with Gasteiger partial charge in [-0.1, -0.05) is 18.2 Å². The number of carbonyl (C=O) groups is 1. The lowest BCUT2D eigenvalue weighted by atomic mass is 10.1. The Morgan fingerprint density at radius 2 is 2.47 bits per heavy atom. The summed E-state index contributed by atoms with van der Waals surface area (Å²) in [6.45, 7) is 0. The van der Waals surface area contributed by atoms with E-state index in [0.29, 0.717) is 0 Å². The first-order valence-corrected chi connectivity index (χ1v) is 5.80. The summed E-state index contributed by atoms with van der Waals surface area (Å²) in [4.78, 5) is 11.0. The molecular formula is C9H13N3O2S. The van der Waals surface area contributed by atoms with Crippen molar-refractivity contribution in [2.24, 2.45) is 13.0 Å². The lowest BCUT2D eigenvalue weighted by molar-refractivity contribution is -0.141. The minimum Gasteiger partial charge on any atom is -0.481 e. The molecule has 82 valence electrons. The van der Waals surface area contributed by atoms with Crippen molar-refractivity contribution in [3.63, 3.8) is 0 Å². The molecule has 1 aliphatic rings. The first-order valence-electron chi connectivity index (χ1n) is 4.92. The van der Waals surface area contributed by atoms with Crippen LogP contribution < -0.4 is 0 Å². The molecule has 0 amide bonds. The quantitative estimate of drug-likeness (QED) is 0.839. The molecule has 0 aromatic carbocycles. The van der Waals surface area contributed by atoms with E-state index in [1.54, 1.807) is 6.33 Å². The number of carboxylic acid groups (broad SMARTS) is 1. The Kier molecular flexibility index (Phi) is 2.95. The van der Waals surface area contributed by atoms with E-state index >= 15 is 0 Å². The zero-order valence-corrected chi connectivity index (χ0v) is 9.28. The SMILES string of the molecule is Cn1cnnc1SC1CCCC1C(=O)O. The molecule has 1 heterocycles. The highest BCUT2D eigenvalue weighted by Gasteiger charge is 2.34. The largest absolute Gasteiger partial charge is 0.481 e. The molecule has 0 spiro atoms. The molecule has 1 N–H and O–H groups in total. The fourth-order valence-electron chi connectivity index (χ4n) is 1.86. The van der Waals surface area contributed by atoms with Gasteiger partial charge >= 0.3 is 5.97 Å². The standard InChI is InChI=1S/C9H13N3O2S/c1-12-5-10-11-9(12)15-7-4-2-3-6(7)8(13)14/h5-7H,2-4H2,1H3,(H,13,14). The fraction of sp³-hybridized carbons (Fsp3) is 0.667. The first-order chi connectivity index (χ1) is 7.18. The van der Waals surface area contributed by atoms with Gasteiger partial charge < -0.3 is 9.67 Å². The second-order valence-electron chi connectivity index (χ2n) is 3.76. The van der Waals surface area contributed by atoms with Crippen LogP contribution in [0.5, 0.6) is 0 Å². The van der Waals surface area contributed by atoms with Crippen molar-refractivity contribution < 1.29 is 9.90 Å². The predicted octanol–water partition coefficient (Wildman–Crippen LogP) is 1.16. The average Bonchev–Trinajstić information content (AvgIpc) is 2.77. The molecule has 1 aromatic rings. The third-order valence-electron chi connectivity index (χ3n) is 2.70. The predicted molar refractivity (Wildman–Crippen MR) is 55.6 cm³/mol. The van der Waals surface area contributed by atoms with Crippen molar-refractivity contribution in [2.45, 2.75) is 29.7 Å². The number of nitrogens with zero attached hydrogens (tertiary/aromatic N) is 3. The van der Waals surface area contributed by atoms with Gasteiger partial charge in [-0.05, 0) is 12.8 Å². The van der Waals surface area contributed by atoms with Gasteiger partial charge in [0.05, 0.1) is 5.92 Å². The van der Waals surface area contributed by atoms with Crippen LogP contribution >= 0.6 is 11.8 Å². The maximum atomic E-state index is 11.0. The zero-order chi connectivity index (χ0) is 10.8. The van der Waals surface area contributed by atoms with E-state index in [-0.39, 0.29) is 11.2 Å². The van der Waals surface area contributed by atoms with E-state index in [4.69, 9.17) is 5.11 Å². The van der Waals surface area contributed by atoms with Crippen LogP contribution in [0.3, 0.4) is 0 Å². The molecule has 0 aliphatic heterocycles. The van der Waals surface area contributed by atoms with Gasteiger partial charge in [-0.2, -0.15) is 0 Å². The molecule has 6 heteroatoms. The highest BCUT2D eigenvalue weighted by molar-refractivity contribution is 7.99. The summed E-state index contributed by atoms with van der Waals surface area (Å²) in [5.74, 6) is -0.918. The van der Waals surface area contributed by atoms with Crippen LogP contribution in [0.2, 0.25) is 0 Å². The fourth-order valence-corrected chi connectivity index (χ4v) is 3.14.